The molecule has 0 aromatic heterocycles. The number of carbonyl (C=O) groups excluding carboxylic acids is 1. The van der Waals surface area contributed by atoms with Crippen molar-refractivity contribution in [2.45, 2.75) is 38.8 Å². The molecule has 1 amide bonds. The van der Waals surface area contributed by atoms with Gasteiger partial charge >= 0.3 is 6.09 Å². The summed E-state index contributed by atoms with van der Waals surface area (Å²) in [4.78, 5) is 13.8. The molecule has 0 bridgehead atoms. The van der Waals surface area contributed by atoms with E-state index in [1.165, 1.54) is 0 Å². The number of carbonyl (C=O) groups is 1. The standard InChI is InChI=1S/C17H26N2O3/c1-17(2,3)22-16(20)19-10-9-13(11-19)15(18)12-5-7-14(21-4)8-6-12/h5-8,13,15H,9-11,18H2,1-4H3. The van der Waals surface area contributed by atoms with E-state index in [-0.39, 0.29) is 18.1 Å². The van der Waals surface area contributed by atoms with Gasteiger partial charge in [0.15, 0.2) is 0 Å². The van der Waals surface area contributed by atoms with E-state index in [2.05, 4.69) is 0 Å². The lowest BCUT2D eigenvalue weighted by molar-refractivity contribution is 0.0286. The highest BCUT2D eigenvalue weighted by molar-refractivity contribution is 5.68. The summed E-state index contributed by atoms with van der Waals surface area (Å²) < 4.78 is 10.6. The lowest BCUT2D eigenvalue weighted by Gasteiger charge is -2.25. The quantitative estimate of drug-likeness (QED) is 0.932. The number of amides is 1. The van der Waals surface area contributed by atoms with E-state index in [9.17, 15) is 4.79 Å². The van der Waals surface area contributed by atoms with Crippen LogP contribution < -0.4 is 10.5 Å². The predicted octanol–water partition coefficient (Wildman–Crippen LogP) is 2.95. The van der Waals surface area contributed by atoms with Crippen LogP contribution in [0.4, 0.5) is 4.79 Å². The Morgan fingerprint density at radius 1 is 1.32 bits per heavy atom. The number of nitrogens with zero attached hydrogens (tertiary/aromatic N) is 1. The van der Waals surface area contributed by atoms with Gasteiger partial charge in [0.05, 0.1) is 7.11 Å². The van der Waals surface area contributed by atoms with Crippen LogP contribution >= 0.6 is 0 Å². The summed E-state index contributed by atoms with van der Waals surface area (Å²) in [5.74, 6) is 1.07. The molecule has 2 unspecified atom stereocenters. The number of ether oxygens (including phenoxy) is 2. The van der Waals surface area contributed by atoms with Gasteiger partial charge in [0, 0.05) is 19.1 Å². The molecule has 2 atom stereocenters. The first-order valence-electron chi connectivity index (χ1n) is 7.67. The van der Waals surface area contributed by atoms with E-state index >= 15 is 0 Å². The van der Waals surface area contributed by atoms with Crippen molar-refractivity contribution in [3.63, 3.8) is 0 Å². The van der Waals surface area contributed by atoms with Crippen molar-refractivity contribution in [2.24, 2.45) is 11.7 Å². The maximum Gasteiger partial charge on any atom is 0.410 e. The van der Waals surface area contributed by atoms with E-state index in [0.717, 1.165) is 17.7 Å². The zero-order chi connectivity index (χ0) is 16.3. The Hall–Kier alpha value is -1.75. The fourth-order valence-corrected chi connectivity index (χ4v) is 2.67. The summed E-state index contributed by atoms with van der Waals surface area (Å²) in [6.45, 7) is 6.97. The Bertz CT molecular complexity index is 508. The van der Waals surface area contributed by atoms with Crippen LogP contribution in [0.25, 0.3) is 0 Å². The lowest BCUT2D eigenvalue weighted by atomic mass is 9.93. The van der Waals surface area contributed by atoms with E-state index in [0.29, 0.717) is 13.1 Å². The molecule has 0 aliphatic carbocycles. The molecule has 5 heteroatoms. The third-order valence-electron chi connectivity index (χ3n) is 3.88. The Labute approximate surface area is 132 Å². The molecular formula is C17H26N2O3. The summed E-state index contributed by atoms with van der Waals surface area (Å²) in [5, 5.41) is 0. The first-order chi connectivity index (χ1) is 10.3. The number of rotatable bonds is 3. The van der Waals surface area contributed by atoms with Gasteiger partial charge in [0.25, 0.3) is 0 Å². The number of benzene rings is 1. The van der Waals surface area contributed by atoms with E-state index in [1.54, 1.807) is 12.0 Å². The Morgan fingerprint density at radius 3 is 2.50 bits per heavy atom. The lowest BCUT2D eigenvalue weighted by Crippen LogP contribution is -2.36. The number of hydrogen-bond acceptors (Lipinski definition) is 4. The molecule has 0 saturated carbocycles. The maximum atomic E-state index is 12.1. The van der Waals surface area contributed by atoms with Crippen LogP contribution in [-0.2, 0) is 4.74 Å². The Morgan fingerprint density at radius 2 is 1.95 bits per heavy atom. The monoisotopic (exact) mass is 306 g/mol. The highest BCUT2D eigenvalue weighted by Crippen LogP contribution is 2.30. The number of nitrogens with two attached hydrogens (primary N) is 1. The van der Waals surface area contributed by atoms with Crippen molar-refractivity contribution in [3.8, 4) is 5.75 Å². The summed E-state index contributed by atoms with van der Waals surface area (Å²) in [6, 6.07) is 7.71. The predicted molar refractivity (Wildman–Crippen MR) is 85.8 cm³/mol. The zero-order valence-corrected chi connectivity index (χ0v) is 13.8. The second-order valence-corrected chi connectivity index (χ2v) is 6.77. The van der Waals surface area contributed by atoms with Crippen molar-refractivity contribution in [1.29, 1.82) is 0 Å². The second-order valence-electron chi connectivity index (χ2n) is 6.77. The molecule has 1 fully saturated rings. The van der Waals surface area contributed by atoms with Crippen LogP contribution in [0.5, 0.6) is 5.75 Å². The molecule has 122 valence electrons. The Kier molecular flexibility index (Phi) is 4.96. The summed E-state index contributed by atoms with van der Waals surface area (Å²) in [7, 11) is 1.64. The van der Waals surface area contributed by atoms with E-state index in [4.69, 9.17) is 15.2 Å². The molecule has 5 nitrogen and oxygen atoms in total. The average molecular weight is 306 g/mol. The van der Waals surface area contributed by atoms with Crippen LogP contribution in [0, 0.1) is 5.92 Å². The fraction of sp³-hybridized carbons (Fsp3) is 0.588. The van der Waals surface area contributed by atoms with Crippen LogP contribution in [0.1, 0.15) is 38.8 Å². The molecule has 22 heavy (non-hydrogen) atoms. The summed E-state index contributed by atoms with van der Waals surface area (Å²) in [6.07, 6.45) is 0.642. The van der Waals surface area contributed by atoms with E-state index < -0.39 is 5.60 Å². The molecule has 1 aliphatic heterocycles. The van der Waals surface area contributed by atoms with Gasteiger partial charge in [-0.3, -0.25) is 0 Å². The minimum absolute atomic E-state index is 0.0849. The molecule has 0 radical (unpaired) electrons. The normalized spacial score (nSPS) is 19.9. The summed E-state index contributed by atoms with van der Waals surface area (Å²) >= 11 is 0. The molecule has 2 N–H and O–H groups in total. The van der Waals surface area contributed by atoms with Crippen molar-refractivity contribution in [2.75, 3.05) is 20.2 Å². The van der Waals surface area contributed by atoms with Gasteiger partial charge in [-0.1, -0.05) is 12.1 Å². The zero-order valence-electron chi connectivity index (χ0n) is 13.8. The molecule has 1 aliphatic rings. The van der Waals surface area contributed by atoms with Gasteiger partial charge in [-0.25, -0.2) is 4.79 Å². The van der Waals surface area contributed by atoms with Gasteiger partial charge in [-0.05, 0) is 50.8 Å². The SMILES string of the molecule is COc1ccc(C(N)C2CCN(C(=O)OC(C)(C)C)C2)cc1. The molecule has 1 heterocycles. The number of hydrogen-bond donors (Lipinski definition) is 1. The molecular weight excluding hydrogens is 280 g/mol. The molecule has 1 aromatic rings. The van der Waals surface area contributed by atoms with Crippen LogP contribution in [-0.4, -0.2) is 36.8 Å². The third-order valence-corrected chi connectivity index (χ3v) is 3.88. The summed E-state index contributed by atoms with van der Waals surface area (Å²) in [5.41, 5.74) is 6.96. The van der Waals surface area contributed by atoms with Gasteiger partial charge in [0.1, 0.15) is 11.4 Å². The largest absolute Gasteiger partial charge is 0.497 e. The van der Waals surface area contributed by atoms with Crippen molar-refractivity contribution < 1.29 is 14.3 Å². The van der Waals surface area contributed by atoms with Crippen molar-refractivity contribution in [3.05, 3.63) is 29.8 Å². The first-order valence-corrected chi connectivity index (χ1v) is 7.67. The second kappa shape index (κ2) is 6.57. The van der Waals surface area contributed by atoms with Gasteiger partial charge in [0.2, 0.25) is 0 Å². The average Bonchev–Trinajstić information content (AvgIpc) is 2.95. The number of likely N-dealkylation sites (tertiary alicyclic amines) is 1. The maximum absolute atomic E-state index is 12.1. The number of methoxy groups -OCH3 is 1. The van der Waals surface area contributed by atoms with Crippen LogP contribution in [0.15, 0.2) is 24.3 Å². The fourth-order valence-electron chi connectivity index (χ4n) is 2.67. The van der Waals surface area contributed by atoms with Crippen LogP contribution in [0.3, 0.4) is 0 Å². The Balaban J connectivity index is 1.95. The molecule has 1 aromatic carbocycles. The molecule has 0 spiro atoms. The van der Waals surface area contributed by atoms with Crippen LogP contribution in [0.2, 0.25) is 0 Å². The molecule has 1 saturated heterocycles. The van der Waals surface area contributed by atoms with E-state index in [1.807, 2.05) is 45.0 Å². The van der Waals surface area contributed by atoms with Crippen molar-refractivity contribution in [1.82, 2.24) is 4.90 Å². The topological polar surface area (TPSA) is 64.8 Å². The minimum atomic E-state index is -0.465. The highest BCUT2D eigenvalue weighted by Gasteiger charge is 2.33. The molecule has 2 rings (SSSR count). The van der Waals surface area contributed by atoms with Gasteiger partial charge in [-0.2, -0.15) is 0 Å². The van der Waals surface area contributed by atoms with Gasteiger partial charge < -0.3 is 20.1 Å². The van der Waals surface area contributed by atoms with Gasteiger partial charge in [-0.15, -0.1) is 0 Å². The minimum Gasteiger partial charge on any atom is -0.497 e. The first kappa shape index (κ1) is 16.6. The van der Waals surface area contributed by atoms with Crippen molar-refractivity contribution >= 4 is 6.09 Å². The third kappa shape index (κ3) is 4.13. The highest BCUT2D eigenvalue weighted by atomic mass is 16.6. The smallest absolute Gasteiger partial charge is 0.410 e.